The van der Waals surface area contributed by atoms with Crippen molar-refractivity contribution in [1.29, 1.82) is 0 Å². The third kappa shape index (κ3) is 6.18. The Morgan fingerprint density at radius 3 is 2.60 bits per heavy atom. The van der Waals surface area contributed by atoms with Crippen LogP contribution in [0.25, 0.3) is 0 Å². The van der Waals surface area contributed by atoms with Crippen LogP contribution >= 0.6 is 22.9 Å². The van der Waals surface area contributed by atoms with E-state index in [4.69, 9.17) is 16.3 Å². The number of halogens is 1. The summed E-state index contributed by atoms with van der Waals surface area (Å²) < 4.78 is 5.11. The molecule has 0 fully saturated rings. The lowest BCUT2D eigenvalue weighted by molar-refractivity contribution is -0.160. The summed E-state index contributed by atoms with van der Waals surface area (Å²) in [5.41, 5.74) is 0.799. The molecule has 0 aliphatic heterocycles. The maximum atomic E-state index is 12.6. The van der Waals surface area contributed by atoms with Crippen molar-refractivity contribution in [2.75, 3.05) is 6.61 Å². The van der Waals surface area contributed by atoms with Gasteiger partial charge in [-0.25, -0.2) is 4.79 Å². The topological polar surface area (TPSA) is 46.6 Å². The lowest BCUT2D eigenvalue weighted by Crippen LogP contribution is -2.36. The minimum Gasteiger partial charge on any atom is -0.459 e. The first-order valence-electron chi connectivity index (χ1n) is 8.33. The number of esters is 1. The molecule has 0 aliphatic rings. The molecule has 1 heterocycles. The van der Waals surface area contributed by atoms with E-state index in [1.807, 2.05) is 35.7 Å². The first-order valence-corrected chi connectivity index (χ1v) is 9.59. The number of hydrogen-bond donors (Lipinski definition) is 0. The number of rotatable bonds is 8. The van der Waals surface area contributed by atoms with Crippen LogP contribution in [0, 0.1) is 0 Å². The molecule has 0 N–H and O–H groups in total. The number of carbonyl (C=O) groups is 2. The standard InChI is InChI=1S/C19H22ClNO3S/c1-2-3-6-11-24-19(23)18(22)21(14-16-9-7-12-25-16)13-15-8-4-5-10-17(15)20/h4-5,7-10,12H,2-3,6,11,13-14H2,1H3. The second kappa shape index (κ2) is 10.2. The molecular weight excluding hydrogens is 358 g/mol. The van der Waals surface area contributed by atoms with Gasteiger partial charge in [0, 0.05) is 16.4 Å². The Labute approximate surface area is 157 Å². The molecule has 0 bridgehead atoms. The third-order valence-electron chi connectivity index (χ3n) is 3.69. The van der Waals surface area contributed by atoms with E-state index in [0.29, 0.717) is 11.6 Å². The molecule has 4 nitrogen and oxygen atoms in total. The molecule has 0 aliphatic carbocycles. The zero-order valence-corrected chi connectivity index (χ0v) is 15.8. The molecule has 2 rings (SSSR count). The Bertz CT molecular complexity index is 688. The number of benzene rings is 1. The van der Waals surface area contributed by atoms with Crippen molar-refractivity contribution in [3.05, 3.63) is 57.2 Å². The van der Waals surface area contributed by atoms with E-state index < -0.39 is 11.9 Å². The van der Waals surface area contributed by atoms with Crippen LogP contribution in [0.4, 0.5) is 0 Å². The lowest BCUT2D eigenvalue weighted by atomic mass is 10.2. The average molecular weight is 380 g/mol. The van der Waals surface area contributed by atoms with Crippen LogP contribution in [0.5, 0.6) is 0 Å². The number of hydrogen-bond acceptors (Lipinski definition) is 4. The van der Waals surface area contributed by atoms with Crippen LogP contribution in [0.15, 0.2) is 41.8 Å². The summed E-state index contributed by atoms with van der Waals surface area (Å²) in [6.45, 7) is 2.96. The summed E-state index contributed by atoms with van der Waals surface area (Å²) in [6.07, 6.45) is 2.77. The van der Waals surface area contributed by atoms with E-state index in [2.05, 4.69) is 6.92 Å². The van der Waals surface area contributed by atoms with Gasteiger partial charge in [-0.2, -0.15) is 0 Å². The second-order valence-electron chi connectivity index (χ2n) is 5.68. The molecule has 0 atom stereocenters. The highest BCUT2D eigenvalue weighted by molar-refractivity contribution is 7.09. The fraction of sp³-hybridized carbons (Fsp3) is 0.368. The summed E-state index contributed by atoms with van der Waals surface area (Å²) in [5, 5.41) is 2.51. The number of carbonyl (C=O) groups excluding carboxylic acids is 2. The predicted molar refractivity (Wildman–Crippen MR) is 101 cm³/mol. The van der Waals surface area contributed by atoms with Crippen molar-refractivity contribution < 1.29 is 14.3 Å². The summed E-state index contributed by atoms with van der Waals surface area (Å²) in [4.78, 5) is 27.2. The highest BCUT2D eigenvalue weighted by Gasteiger charge is 2.24. The average Bonchev–Trinajstić information content (AvgIpc) is 3.12. The highest BCUT2D eigenvalue weighted by Crippen LogP contribution is 2.20. The molecule has 1 aromatic carbocycles. The van der Waals surface area contributed by atoms with Crippen LogP contribution in [0.2, 0.25) is 5.02 Å². The second-order valence-corrected chi connectivity index (χ2v) is 7.11. The van der Waals surface area contributed by atoms with Crippen LogP contribution < -0.4 is 0 Å². The maximum absolute atomic E-state index is 12.6. The molecule has 134 valence electrons. The van der Waals surface area contributed by atoms with Crippen LogP contribution in [0.1, 0.15) is 36.6 Å². The molecule has 0 saturated heterocycles. The van der Waals surface area contributed by atoms with Gasteiger partial charge in [0.25, 0.3) is 0 Å². The van der Waals surface area contributed by atoms with Gasteiger partial charge in [-0.15, -0.1) is 11.3 Å². The maximum Gasteiger partial charge on any atom is 0.397 e. The molecule has 0 unspecified atom stereocenters. The van der Waals surface area contributed by atoms with Crippen LogP contribution in [0.3, 0.4) is 0 Å². The summed E-state index contributed by atoms with van der Waals surface area (Å²) >= 11 is 7.74. The van der Waals surface area contributed by atoms with Gasteiger partial charge in [-0.1, -0.05) is 55.6 Å². The third-order valence-corrected chi connectivity index (χ3v) is 4.92. The van der Waals surface area contributed by atoms with Crippen molar-refractivity contribution in [1.82, 2.24) is 4.90 Å². The van der Waals surface area contributed by atoms with E-state index >= 15 is 0 Å². The summed E-state index contributed by atoms with van der Waals surface area (Å²) in [5.74, 6) is -1.44. The number of nitrogens with zero attached hydrogens (tertiary/aromatic N) is 1. The molecule has 6 heteroatoms. The van der Waals surface area contributed by atoms with Gasteiger partial charge in [0.15, 0.2) is 0 Å². The van der Waals surface area contributed by atoms with Crippen molar-refractivity contribution in [3.63, 3.8) is 0 Å². The SMILES string of the molecule is CCCCCOC(=O)C(=O)N(Cc1cccs1)Cc1ccccc1Cl. The molecule has 25 heavy (non-hydrogen) atoms. The van der Waals surface area contributed by atoms with Gasteiger partial charge in [0.05, 0.1) is 13.2 Å². The summed E-state index contributed by atoms with van der Waals surface area (Å²) in [7, 11) is 0. The highest BCUT2D eigenvalue weighted by atomic mass is 35.5. The van der Waals surface area contributed by atoms with Crippen molar-refractivity contribution >= 4 is 34.8 Å². The van der Waals surface area contributed by atoms with Gasteiger partial charge < -0.3 is 9.64 Å². The molecule has 2 aromatic rings. The van der Waals surface area contributed by atoms with Crippen molar-refractivity contribution in [2.45, 2.75) is 39.3 Å². The van der Waals surface area contributed by atoms with Crippen molar-refractivity contribution in [3.8, 4) is 0 Å². The minimum atomic E-state index is -0.806. The monoisotopic (exact) mass is 379 g/mol. The van der Waals surface area contributed by atoms with Gasteiger partial charge >= 0.3 is 11.9 Å². The van der Waals surface area contributed by atoms with Gasteiger partial charge in [0.1, 0.15) is 0 Å². The minimum absolute atomic E-state index is 0.264. The number of unbranched alkanes of at least 4 members (excludes halogenated alkanes) is 2. The van der Waals surface area contributed by atoms with Gasteiger partial charge in [0.2, 0.25) is 0 Å². The summed E-state index contributed by atoms with van der Waals surface area (Å²) in [6, 6.07) is 11.2. The van der Waals surface area contributed by atoms with Crippen LogP contribution in [-0.4, -0.2) is 23.4 Å². The molecular formula is C19H22ClNO3S. The Kier molecular flexibility index (Phi) is 7.95. The van der Waals surface area contributed by atoms with E-state index in [0.717, 1.165) is 29.7 Å². The quantitative estimate of drug-likeness (QED) is 0.380. The first-order chi connectivity index (χ1) is 12.1. The van der Waals surface area contributed by atoms with E-state index in [1.165, 1.54) is 4.90 Å². The Hall–Kier alpha value is -1.85. The van der Waals surface area contributed by atoms with Gasteiger partial charge in [-0.05, 0) is 29.5 Å². The number of thiophene rings is 1. The Balaban J connectivity index is 2.06. The predicted octanol–water partition coefficient (Wildman–Crippen LogP) is 4.66. The Morgan fingerprint density at radius 1 is 1.12 bits per heavy atom. The smallest absolute Gasteiger partial charge is 0.397 e. The van der Waals surface area contributed by atoms with E-state index in [1.54, 1.807) is 17.4 Å². The molecule has 1 aromatic heterocycles. The molecule has 0 spiro atoms. The number of amides is 1. The largest absolute Gasteiger partial charge is 0.459 e. The van der Waals surface area contributed by atoms with Gasteiger partial charge in [-0.3, -0.25) is 4.79 Å². The molecule has 0 radical (unpaired) electrons. The number of ether oxygens (including phenoxy) is 1. The van der Waals surface area contributed by atoms with E-state index in [9.17, 15) is 9.59 Å². The van der Waals surface area contributed by atoms with Crippen LogP contribution in [-0.2, 0) is 27.4 Å². The fourth-order valence-corrected chi connectivity index (χ4v) is 3.25. The first kappa shape index (κ1) is 19.5. The Morgan fingerprint density at radius 2 is 1.92 bits per heavy atom. The zero-order chi connectivity index (χ0) is 18.1. The lowest BCUT2D eigenvalue weighted by Gasteiger charge is -2.21. The zero-order valence-electron chi connectivity index (χ0n) is 14.2. The normalized spacial score (nSPS) is 10.5. The fourth-order valence-electron chi connectivity index (χ4n) is 2.33. The molecule has 1 amide bonds. The molecule has 0 saturated carbocycles. The van der Waals surface area contributed by atoms with Crippen molar-refractivity contribution in [2.24, 2.45) is 0 Å². The van der Waals surface area contributed by atoms with E-state index in [-0.39, 0.29) is 13.2 Å².